The summed E-state index contributed by atoms with van der Waals surface area (Å²) in [6, 6.07) is 3.08. The Morgan fingerprint density at radius 1 is 1.09 bits per heavy atom. The van der Waals surface area contributed by atoms with E-state index in [0.29, 0.717) is 44.9 Å². The minimum atomic E-state index is -1.52. The normalized spacial score (nSPS) is 27.3. The molecule has 15 heteroatoms. The van der Waals surface area contributed by atoms with Crippen LogP contribution < -0.4 is 20.1 Å². The van der Waals surface area contributed by atoms with Crippen LogP contribution in [0.4, 0.5) is 4.79 Å². The van der Waals surface area contributed by atoms with Crippen LogP contribution >= 0.6 is 22.9 Å². The van der Waals surface area contributed by atoms with Gasteiger partial charge in [-0.1, -0.05) is 52.3 Å². The maximum absolute atomic E-state index is 14.6. The maximum Gasteiger partial charge on any atom is 0.408 e. The second kappa shape index (κ2) is 14.6. The van der Waals surface area contributed by atoms with Crippen LogP contribution in [0.1, 0.15) is 78.3 Å². The van der Waals surface area contributed by atoms with Gasteiger partial charge >= 0.3 is 12.1 Å². The average Bonchev–Trinajstić information content (AvgIpc) is 3.77. The molecule has 294 valence electrons. The first kappa shape index (κ1) is 38.8. The Balaban J connectivity index is 1.21. The van der Waals surface area contributed by atoms with Crippen LogP contribution in [0.3, 0.4) is 0 Å². The number of alkyl carbamates (subject to hydrolysis) is 1. The number of thiazole rings is 1. The van der Waals surface area contributed by atoms with E-state index in [2.05, 4.69) is 31.1 Å². The minimum absolute atomic E-state index is 0.0328. The molecule has 0 spiro atoms. The fraction of sp³-hybridized carbons (Fsp3) is 0.550. The number of benzene rings is 1. The van der Waals surface area contributed by atoms with Crippen molar-refractivity contribution < 1.29 is 38.5 Å². The van der Waals surface area contributed by atoms with Gasteiger partial charge in [-0.2, -0.15) is 0 Å². The molecule has 3 saturated carbocycles. The summed E-state index contributed by atoms with van der Waals surface area (Å²) in [5.41, 5.74) is -0.432. The molecule has 7 rings (SSSR count). The van der Waals surface area contributed by atoms with Crippen LogP contribution in [0, 0.1) is 23.2 Å². The van der Waals surface area contributed by atoms with E-state index in [1.54, 1.807) is 18.2 Å². The van der Waals surface area contributed by atoms with Crippen LogP contribution in [0.2, 0.25) is 5.02 Å². The summed E-state index contributed by atoms with van der Waals surface area (Å²) in [6.45, 7) is 13.3. The van der Waals surface area contributed by atoms with Gasteiger partial charge in [-0.25, -0.2) is 19.6 Å². The molecular formula is C40H48ClN5O8S. The van der Waals surface area contributed by atoms with Crippen molar-refractivity contribution in [1.29, 1.82) is 0 Å². The van der Waals surface area contributed by atoms with E-state index in [9.17, 15) is 24.3 Å². The topological polar surface area (TPSA) is 169 Å². The number of aromatic nitrogens is 2. The van der Waals surface area contributed by atoms with Gasteiger partial charge in [-0.05, 0) is 61.0 Å². The molecule has 1 saturated heterocycles. The standard InChI is InChI=1S/C40H48ClN5O8S/c1-8-22-16-40(22,37(49)50)45-34(47)28-14-24(17-46(28)36(48)33(39(4,5)6)44-38(51)54-23-12-20-11-21(20)13-23)53-30-15-26(35-43-27(18-55-35)19(2)3)42-32-25(30)9-10-29(52-7)31(32)41/h8-10,15,18-24,28,33H,1,11-14,16-17H2,2-7H3,(H,44,51)(H,45,47)(H,49,50)/t20-,21+,22?,23+,24-,28+,33-,40-/m1/s1. The molecule has 0 bridgehead atoms. The Kier molecular flexibility index (Phi) is 10.3. The fourth-order valence-electron chi connectivity index (χ4n) is 7.99. The number of amides is 3. The van der Waals surface area contributed by atoms with E-state index in [-0.39, 0.29) is 36.4 Å². The molecule has 2 aromatic heterocycles. The average molecular weight is 794 g/mol. The smallest absolute Gasteiger partial charge is 0.408 e. The van der Waals surface area contributed by atoms with E-state index in [0.717, 1.165) is 18.5 Å². The van der Waals surface area contributed by atoms with Crippen molar-refractivity contribution in [1.82, 2.24) is 25.5 Å². The SMILES string of the molecule is C=CC1C[C@]1(NC(=O)[C@@H]1C[C@@H](Oc2cc(-c3nc(C(C)C)cs3)nc3c(Cl)c(OC)ccc23)CN1C(=O)[C@@H](NC(=O)O[C@@H]1C[C@@H]2C[C@@H]2C1)C(C)(C)C)C(=O)O. The quantitative estimate of drug-likeness (QED) is 0.170. The highest BCUT2D eigenvalue weighted by atomic mass is 35.5. The van der Waals surface area contributed by atoms with Gasteiger partial charge in [0, 0.05) is 29.2 Å². The lowest BCUT2D eigenvalue weighted by Gasteiger charge is -2.35. The summed E-state index contributed by atoms with van der Waals surface area (Å²) < 4.78 is 17.9. The molecule has 4 fully saturated rings. The van der Waals surface area contributed by atoms with Crippen LogP contribution in [-0.4, -0.2) is 87.3 Å². The number of carboxylic acid groups (broad SMARTS) is 1. The van der Waals surface area contributed by atoms with Gasteiger partial charge in [0.1, 0.15) is 57.1 Å². The van der Waals surface area contributed by atoms with Crippen molar-refractivity contribution in [2.75, 3.05) is 13.7 Å². The van der Waals surface area contributed by atoms with E-state index < -0.39 is 58.9 Å². The highest BCUT2D eigenvalue weighted by Gasteiger charge is 2.61. The van der Waals surface area contributed by atoms with Gasteiger partial charge in [0.15, 0.2) is 0 Å². The summed E-state index contributed by atoms with van der Waals surface area (Å²) in [5.74, 6) is -0.546. The molecule has 1 aliphatic heterocycles. The number of hydrogen-bond donors (Lipinski definition) is 3. The Bertz CT molecular complexity index is 2040. The first-order valence-corrected chi connectivity index (χ1v) is 20.0. The number of nitrogens with zero attached hydrogens (tertiary/aromatic N) is 3. The predicted octanol–water partition coefficient (Wildman–Crippen LogP) is 6.58. The van der Waals surface area contributed by atoms with Gasteiger partial charge in [0.05, 0.1) is 24.9 Å². The maximum atomic E-state index is 14.6. The molecule has 13 nitrogen and oxygen atoms in total. The van der Waals surface area contributed by atoms with Crippen molar-refractivity contribution in [3.8, 4) is 22.2 Å². The largest absolute Gasteiger partial charge is 0.495 e. The lowest BCUT2D eigenvalue weighted by Crippen LogP contribution is -2.59. The number of fused-ring (bicyclic) bond motifs is 2. The molecule has 3 aliphatic carbocycles. The third-order valence-corrected chi connectivity index (χ3v) is 12.7. The zero-order valence-electron chi connectivity index (χ0n) is 31.9. The lowest BCUT2D eigenvalue weighted by molar-refractivity contribution is -0.146. The van der Waals surface area contributed by atoms with Crippen molar-refractivity contribution in [3.05, 3.63) is 47.0 Å². The van der Waals surface area contributed by atoms with Gasteiger partial charge in [-0.3, -0.25) is 9.59 Å². The van der Waals surface area contributed by atoms with E-state index in [1.165, 1.54) is 35.8 Å². The van der Waals surface area contributed by atoms with E-state index in [1.807, 2.05) is 26.2 Å². The Morgan fingerprint density at radius 3 is 2.42 bits per heavy atom. The summed E-state index contributed by atoms with van der Waals surface area (Å²) in [5, 5.41) is 19.2. The third-order valence-electron chi connectivity index (χ3n) is 11.4. The molecule has 4 aliphatic rings. The number of pyridine rings is 1. The number of rotatable bonds is 12. The number of carbonyl (C=O) groups excluding carboxylic acids is 3. The second-order valence-corrected chi connectivity index (χ2v) is 17.9. The Morgan fingerprint density at radius 2 is 1.82 bits per heavy atom. The first-order valence-electron chi connectivity index (χ1n) is 18.8. The van der Waals surface area contributed by atoms with Crippen LogP contribution in [0.25, 0.3) is 21.6 Å². The zero-order valence-corrected chi connectivity index (χ0v) is 33.5. The van der Waals surface area contributed by atoms with Crippen LogP contribution in [-0.2, 0) is 19.1 Å². The number of likely N-dealkylation sites (tertiary alicyclic amines) is 1. The van der Waals surface area contributed by atoms with Crippen molar-refractivity contribution >= 4 is 57.7 Å². The molecule has 3 heterocycles. The van der Waals surface area contributed by atoms with Crippen molar-refractivity contribution in [2.45, 2.75) is 102 Å². The molecule has 0 radical (unpaired) electrons. The Labute approximate surface area is 329 Å². The molecule has 55 heavy (non-hydrogen) atoms. The van der Waals surface area contributed by atoms with Gasteiger partial charge in [0.25, 0.3) is 0 Å². The number of carboxylic acids is 1. The highest BCUT2D eigenvalue weighted by Crippen LogP contribution is 2.52. The highest BCUT2D eigenvalue weighted by molar-refractivity contribution is 7.13. The molecule has 3 N–H and O–H groups in total. The number of halogens is 1. The zero-order chi connectivity index (χ0) is 39.6. The molecule has 3 amide bonds. The summed E-state index contributed by atoms with van der Waals surface area (Å²) in [6.07, 6.45) is 2.94. The number of ether oxygens (including phenoxy) is 3. The lowest BCUT2D eigenvalue weighted by atomic mass is 9.85. The van der Waals surface area contributed by atoms with Crippen LogP contribution in [0.15, 0.2) is 36.2 Å². The summed E-state index contributed by atoms with van der Waals surface area (Å²) in [4.78, 5) is 65.4. The van der Waals surface area contributed by atoms with E-state index >= 15 is 0 Å². The van der Waals surface area contributed by atoms with Crippen molar-refractivity contribution in [3.63, 3.8) is 0 Å². The molecule has 3 aromatic rings. The number of aliphatic carboxylic acids is 1. The number of nitrogens with one attached hydrogen (secondary N) is 2. The number of carbonyl (C=O) groups is 4. The molecule has 8 atom stereocenters. The van der Waals surface area contributed by atoms with Crippen molar-refractivity contribution in [2.24, 2.45) is 23.2 Å². The molecule has 1 unspecified atom stereocenters. The number of methoxy groups -OCH3 is 1. The van der Waals surface area contributed by atoms with Gasteiger partial charge in [0.2, 0.25) is 11.8 Å². The summed E-state index contributed by atoms with van der Waals surface area (Å²) in [7, 11) is 1.52. The van der Waals surface area contributed by atoms with Gasteiger partial charge in [-0.15, -0.1) is 17.9 Å². The van der Waals surface area contributed by atoms with E-state index in [4.69, 9.17) is 35.8 Å². The van der Waals surface area contributed by atoms with Crippen LogP contribution in [0.5, 0.6) is 11.5 Å². The fourth-order valence-corrected chi connectivity index (χ4v) is 9.21. The predicted molar refractivity (Wildman–Crippen MR) is 207 cm³/mol. The monoisotopic (exact) mass is 793 g/mol. The molecule has 1 aromatic carbocycles. The first-order chi connectivity index (χ1) is 26.0. The second-order valence-electron chi connectivity index (χ2n) is 16.7. The summed E-state index contributed by atoms with van der Waals surface area (Å²) >= 11 is 8.25. The third kappa shape index (κ3) is 7.59. The molecular weight excluding hydrogens is 746 g/mol. The Hall–Kier alpha value is -4.43. The van der Waals surface area contributed by atoms with Gasteiger partial charge < -0.3 is 34.9 Å². The number of hydrogen-bond acceptors (Lipinski definition) is 10. The minimum Gasteiger partial charge on any atom is -0.495 e.